The molecule has 1 aliphatic heterocycles. The van der Waals surface area contributed by atoms with E-state index in [0.717, 1.165) is 11.1 Å². The summed E-state index contributed by atoms with van der Waals surface area (Å²) in [4.78, 5) is 0.683. The van der Waals surface area contributed by atoms with Crippen LogP contribution in [0.1, 0.15) is 11.1 Å². The van der Waals surface area contributed by atoms with Crippen molar-refractivity contribution in [1.29, 1.82) is 0 Å². The monoisotopic (exact) mass is 320 g/mol. The zero-order valence-electron chi connectivity index (χ0n) is 11.3. The minimum Gasteiger partial charge on any atom is -0.454 e. The molecule has 1 atom stereocenters. The second-order valence-corrected chi connectivity index (χ2v) is 6.72. The van der Waals surface area contributed by atoms with Crippen molar-refractivity contribution >= 4 is 28.5 Å². The van der Waals surface area contributed by atoms with Crippen molar-refractivity contribution in [3.8, 4) is 11.5 Å². The molecule has 0 amide bonds. The van der Waals surface area contributed by atoms with Gasteiger partial charge in [0.25, 0.3) is 0 Å². The van der Waals surface area contributed by atoms with E-state index >= 15 is 0 Å². The van der Waals surface area contributed by atoms with Crippen LogP contribution in [-0.4, -0.2) is 11.0 Å². The molecular weight excluding hydrogens is 308 g/mol. The van der Waals surface area contributed by atoms with Gasteiger partial charge in [-0.1, -0.05) is 35.4 Å². The molecule has 5 heteroatoms. The standard InChI is InChI=1S/C16H13ClO3S/c1-11-2-5-13(6-3-11)21(18)16(17)9-12-4-7-14-15(8-12)20-10-19-14/h2-9H,10H2,1H3/b16-9+. The predicted molar refractivity (Wildman–Crippen MR) is 84.0 cm³/mol. The number of benzene rings is 2. The molecule has 0 aromatic heterocycles. The first-order valence-electron chi connectivity index (χ1n) is 6.39. The van der Waals surface area contributed by atoms with Gasteiger partial charge >= 0.3 is 0 Å². The van der Waals surface area contributed by atoms with Crippen LogP contribution in [0.5, 0.6) is 11.5 Å². The van der Waals surface area contributed by atoms with Crippen LogP contribution in [0.25, 0.3) is 6.08 Å². The number of aryl methyl sites for hydroxylation is 1. The Morgan fingerprint density at radius 1 is 1.14 bits per heavy atom. The fraction of sp³-hybridized carbons (Fsp3) is 0.125. The lowest BCUT2D eigenvalue weighted by molar-refractivity contribution is 0.174. The van der Waals surface area contributed by atoms with Gasteiger partial charge in [-0.25, -0.2) is 4.21 Å². The van der Waals surface area contributed by atoms with Crippen molar-refractivity contribution in [3.63, 3.8) is 0 Å². The summed E-state index contributed by atoms with van der Waals surface area (Å²) in [6.07, 6.45) is 1.68. The Morgan fingerprint density at radius 3 is 2.62 bits per heavy atom. The smallest absolute Gasteiger partial charge is 0.231 e. The summed E-state index contributed by atoms with van der Waals surface area (Å²) >= 11 is 6.18. The van der Waals surface area contributed by atoms with Gasteiger partial charge in [0.05, 0.1) is 10.8 Å². The summed E-state index contributed by atoms with van der Waals surface area (Å²) in [6, 6.07) is 12.9. The zero-order chi connectivity index (χ0) is 14.8. The van der Waals surface area contributed by atoms with Gasteiger partial charge in [0.1, 0.15) is 4.36 Å². The Hall–Kier alpha value is -1.78. The number of halogens is 1. The molecule has 0 fully saturated rings. The van der Waals surface area contributed by atoms with E-state index < -0.39 is 10.8 Å². The molecule has 2 aromatic carbocycles. The van der Waals surface area contributed by atoms with Crippen LogP contribution < -0.4 is 9.47 Å². The lowest BCUT2D eigenvalue weighted by Crippen LogP contribution is -1.93. The molecule has 0 bridgehead atoms. The van der Waals surface area contributed by atoms with Crippen LogP contribution in [0.15, 0.2) is 51.7 Å². The average Bonchev–Trinajstić information content (AvgIpc) is 2.95. The first-order valence-corrected chi connectivity index (χ1v) is 7.91. The van der Waals surface area contributed by atoms with Crippen LogP contribution in [-0.2, 0) is 10.8 Å². The van der Waals surface area contributed by atoms with E-state index in [1.807, 2.05) is 49.4 Å². The molecule has 3 rings (SSSR count). The highest BCUT2D eigenvalue weighted by Gasteiger charge is 2.13. The van der Waals surface area contributed by atoms with E-state index in [2.05, 4.69) is 0 Å². The Bertz CT molecular complexity index is 723. The molecule has 21 heavy (non-hydrogen) atoms. The summed E-state index contributed by atoms with van der Waals surface area (Å²) in [5, 5.41) is 0. The summed E-state index contributed by atoms with van der Waals surface area (Å²) in [7, 11) is -1.38. The van der Waals surface area contributed by atoms with Gasteiger partial charge in [-0.3, -0.25) is 0 Å². The van der Waals surface area contributed by atoms with Crippen LogP contribution in [0.2, 0.25) is 0 Å². The molecule has 1 unspecified atom stereocenters. The molecule has 0 spiro atoms. The van der Waals surface area contributed by atoms with Crippen molar-refractivity contribution in [2.45, 2.75) is 11.8 Å². The minimum absolute atomic E-state index is 0.228. The SMILES string of the molecule is Cc1ccc(S(=O)/C(Cl)=C/c2ccc3c(c2)OCO3)cc1. The fourth-order valence-electron chi connectivity index (χ4n) is 1.96. The maximum absolute atomic E-state index is 12.3. The Balaban J connectivity index is 1.85. The molecule has 1 aliphatic rings. The molecule has 0 N–H and O–H groups in total. The number of hydrogen-bond acceptors (Lipinski definition) is 3. The molecule has 0 saturated carbocycles. The zero-order valence-corrected chi connectivity index (χ0v) is 12.9. The van der Waals surface area contributed by atoms with Crippen LogP contribution >= 0.6 is 11.6 Å². The first-order chi connectivity index (χ1) is 10.1. The second kappa shape index (κ2) is 5.92. The van der Waals surface area contributed by atoms with Crippen molar-refractivity contribution < 1.29 is 13.7 Å². The summed E-state index contributed by atoms with van der Waals surface area (Å²) in [5.74, 6) is 1.39. The second-order valence-electron chi connectivity index (χ2n) is 4.64. The molecule has 2 aromatic rings. The largest absolute Gasteiger partial charge is 0.454 e. The van der Waals surface area contributed by atoms with Crippen molar-refractivity contribution in [2.24, 2.45) is 0 Å². The summed E-state index contributed by atoms with van der Waals surface area (Å²) in [6.45, 7) is 2.21. The van der Waals surface area contributed by atoms with Crippen molar-refractivity contribution in [1.82, 2.24) is 0 Å². The van der Waals surface area contributed by atoms with E-state index in [1.54, 1.807) is 6.08 Å². The Labute approximate surface area is 130 Å². The minimum atomic E-state index is -1.38. The maximum Gasteiger partial charge on any atom is 0.231 e. The van der Waals surface area contributed by atoms with Crippen molar-refractivity contribution in [2.75, 3.05) is 6.79 Å². The van der Waals surface area contributed by atoms with Crippen LogP contribution in [0.3, 0.4) is 0 Å². The number of hydrogen-bond donors (Lipinski definition) is 0. The van der Waals surface area contributed by atoms with E-state index in [1.165, 1.54) is 0 Å². The lowest BCUT2D eigenvalue weighted by Gasteiger charge is -2.02. The Morgan fingerprint density at radius 2 is 1.86 bits per heavy atom. The van der Waals surface area contributed by atoms with Gasteiger partial charge in [0.15, 0.2) is 11.5 Å². The predicted octanol–water partition coefficient (Wildman–Crippen LogP) is 4.07. The molecule has 3 nitrogen and oxygen atoms in total. The lowest BCUT2D eigenvalue weighted by atomic mass is 10.2. The van der Waals surface area contributed by atoms with E-state index in [4.69, 9.17) is 21.1 Å². The van der Waals surface area contributed by atoms with Gasteiger partial charge in [-0.15, -0.1) is 0 Å². The van der Waals surface area contributed by atoms with Crippen molar-refractivity contribution in [3.05, 3.63) is 58.0 Å². The topological polar surface area (TPSA) is 35.5 Å². The molecule has 108 valence electrons. The third-order valence-corrected chi connectivity index (χ3v) is 4.79. The third kappa shape index (κ3) is 3.12. The number of ether oxygens (including phenoxy) is 2. The van der Waals surface area contributed by atoms with E-state index in [-0.39, 0.29) is 11.2 Å². The molecule has 1 heterocycles. The molecule has 0 saturated heterocycles. The maximum atomic E-state index is 12.3. The average molecular weight is 321 g/mol. The van der Waals surface area contributed by atoms with E-state index in [9.17, 15) is 4.21 Å². The first kappa shape index (κ1) is 14.2. The molecule has 0 radical (unpaired) electrons. The van der Waals surface area contributed by atoms with Gasteiger partial charge in [-0.05, 0) is 42.8 Å². The normalized spacial score (nSPS) is 15.0. The summed E-state index contributed by atoms with van der Waals surface area (Å²) < 4.78 is 23.2. The quantitative estimate of drug-likeness (QED) is 0.855. The molecule has 0 aliphatic carbocycles. The Kier molecular flexibility index (Phi) is 3.99. The van der Waals surface area contributed by atoms with Crippen LogP contribution in [0, 0.1) is 6.92 Å². The van der Waals surface area contributed by atoms with Gasteiger partial charge < -0.3 is 9.47 Å². The van der Waals surface area contributed by atoms with Gasteiger partial charge in [0, 0.05) is 4.90 Å². The summed E-state index contributed by atoms with van der Waals surface area (Å²) in [5.41, 5.74) is 1.94. The number of rotatable bonds is 3. The number of fused-ring (bicyclic) bond motifs is 1. The van der Waals surface area contributed by atoms with Gasteiger partial charge in [0.2, 0.25) is 6.79 Å². The van der Waals surface area contributed by atoms with Crippen LogP contribution in [0.4, 0.5) is 0 Å². The highest BCUT2D eigenvalue weighted by atomic mass is 35.5. The van der Waals surface area contributed by atoms with Gasteiger partial charge in [-0.2, -0.15) is 0 Å². The van der Waals surface area contributed by atoms with E-state index in [0.29, 0.717) is 16.4 Å². The highest BCUT2D eigenvalue weighted by Crippen LogP contribution is 2.33. The third-order valence-electron chi connectivity index (χ3n) is 3.09. The molecular formula is C16H13ClO3S. The highest BCUT2D eigenvalue weighted by molar-refractivity contribution is 7.91. The fourth-order valence-corrected chi connectivity index (χ4v) is 3.21.